The molecule has 0 rings (SSSR count). The fraction of sp³-hybridized carbons (Fsp3) is 0.933. The molecule has 0 radical (unpaired) electrons. The first-order valence-corrected chi connectivity index (χ1v) is 7.75. The lowest BCUT2D eigenvalue weighted by Crippen LogP contribution is -2.22. The zero-order valence-corrected chi connectivity index (χ0v) is 12.8. The predicted molar refractivity (Wildman–Crippen MR) is 77.6 cm³/mol. The largest absolute Gasteiger partial charge is 0.508 e. The van der Waals surface area contributed by atoms with Crippen LogP contribution in [0.25, 0.3) is 0 Å². The van der Waals surface area contributed by atoms with Crippen LogP contribution in [-0.4, -0.2) is 41.8 Å². The maximum atomic E-state index is 11.2. The molecule has 0 amide bonds. The van der Waals surface area contributed by atoms with Crippen LogP contribution in [0, 0.1) is 0 Å². The average Bonchev–Trinajstić information content (AvgIpc) is 2.43. The molecule has 5 heteroatoms. The molecule has 0 saturated carbocycles. The molecular formula is C15H30O5. The number of unbranched alkanes of at least 4 members (excludes halogenated alkanes) is 4. The van der Waals surface area contributed by atoms with Gasteiger partial charge < -0.3 is 19.7 Å². The molecule has 2 N–H and O–H groups in total. The molecule has 2 atom stereocenters. The molecule has 0 fully saturated rings. The van der Waals surface area contributed by atoms with Crippen LogP contribution in [0.15, 0.2) is 0 Å². The van der Waals surface area contributed by atoms with Crippen molar-refractivity contribution >= 4 is 6.16 Å². The summed E-state index contributed by atoms with van der Waals surface area (Å²) < 4.78 is 9.58. The fourth-order valence-electron chi connectivity index (χ4n) is 1.80. The molecule has 0 aromatic heterocycles. The lowest BCUT2D eigenvalue weighted by Gasteiger charge is -2.13. The van der Waals surface area contributed by atoms with Gasteiger partial charge in [0, 0.05) is 0 Å². The summed E-state index contributed by atoms with van der Waals surface area (Å²) in [4.78, 5) is 11.2. The zero-order chi connectivity index (χ0) is 15.2. The van der Waals surface area contributed by atoms with Gasteiger partial charge in [0.2, 0.25) is 0 Å². The number of aliphatic hydroxyl groups is 2. The minimum atomic E-state index is -0.825. The number of ether oxygens (including phenoxy) is 2. The van der Waals surface area contributed by atoms with Crippen molar-refractivity contribution in [2.24, 2.45) is 0 Å². The van der Waals surface area contributed by atoms with Gasteiger partial charge in [0.25, 0.3) is 0 Å². The predicted octanol–water partition coefficient (Wildman–Crippen LogP) is 3.02. The van der Waals surface area contributed by atoms with Crippen LogP contribution in [-0.2, 0) is 9.47 Å². The first kappa shape index (κ1) is 19.2. The van der Waals surface area contributed by atoms with E-state index in [1.807, 2.05) is 0 Å². The molecule has 20 heavy (non-hydrogen) atoms. The summed E-state index contributed by atoms with van der Waals surface area (Å²) in [5.74, 6) is 0. The van der Waals surface area contributed by atoms with Gasteiger partial charge in [0.1, 0.15) is 13.2 Å². The topological polar surface area (TPSA) is 76.0 Å². The van der Waals surface area contributed by atoms with Gasteiger partial charge in [-0.15, -0.1) is 0 Å². The van der Waals surface area contributed by atoms with Gasteiger partial charge in [-0.1, -0.05) is 52.4 Å². The smallest absolute Gasteiger partial charge is 0.432 e. The summed E-state index contributed by atoms with van der Waals surface area (Å²) in [5, 5.41) is 19.1. The molecule has 0 heterocycles. The van der Waals surface area contributed by atoms with Crippen molar-refractivity contribution in [3.05, 3.63) is 0 Å². The summed E-state index contributed by atoms with van der Waals surface area (Å²) in [5.41, 5.74) is 0. The maximum absolute atomic E-state index is 11.2. The number of carbonyl (C=O) groups excluding carboxylic acids is 1. The third-order valence-electron chi connectivity index (χ3n) is 3.07. The molecule has 2 unspecified atom stereocenters. The highest BCUT2D eigenvalue weighted by Crippen LogP contribution is 2.06. The van der Waals surface area contributed by atoms with E-state index in [1.54, 1.807) is 0 Å². The van der Waals surface area contributed by atoms with Crippen LogP contribution in [0.4, 0.5) is 4.79 Å². The summed E-state index contributed by atoms with van der Waals surface area (Å²) in [6, 6.07) is 0. The molecule has 5 nitrogen and oxygen atoms in total. The number of hydrogen-bond donors (Lipinski definition) is 2. The fourth-order valence-corrected chi connectivity index (χ4v) is 1.80. The summed E-state index contributed by atoms with van der Waals surface area (Å²) in [7, 11) is 0. The Morgan fingerprint density at radius 1 is 0.850 bits per heavy atom. The number of hydrogen-bond acceptors (Lipinski definition) is 5. The van der Waals surface area contributed by atoms with Crippen molar-refractivity contribution in [3.63, 3.8) is 0 Å². The Morgan fingerprint density at radius 3 is 1.60 bits per heavy atom. The second-order valence-electron chi connectivity index (χ2n) is 5.17. The Morgan fingerprint density at radius 2 is 1.25 bits per heavy atom. The van der Waals surface area contributed by atoms with Gasteiger partial charge in [-0.2, -0.15) is 0 Å². The third-order valence-corrected chi connectivity index (χ3v) is 3.07. The lowest BCUT2D eigenvalue weighted by molar-refractivity contribution is -0.00546. The second kappa shape index (κ2) is 13.2. The Kier molecular flexibility index (Phi) is 12.7. The summed E-state index contributed by atoms with van der Waals surface area (Å²) in [6.07, 6.45) is 5.30. The molecule has 0 aliphatic rings. The highest BCUT2D eigenvalue weighted by molar-refractivity contribution is 5.59. The third kappa shape index (κ3) is 12.2. The van der Waals surface area contributed by atoms with Crippen molar-refractivity contribution in [1.82, 2.24) is 0 Å². The van der Waals surface area contributed by atoms with Crippen LogP contribution in [0.1, 0.15) is 65.2 Å². The Hall–Kier alpha value is -0.810. The van der Waals surface area contributed by atoms with E-state index in [2.05, 4.69) is 13.8 Å². The van der Waals surface area contributed by atoms with Crippen molar-refractivity contribution in [1.29, 1.82) is 0 Å². The van der Waals surface area contributed by atoms with Crippen LogP contribution in [0.3, 0.4) is 0 Å². The van der Waals surface area contributed by atoms with Crippen LogP contribution < -0.4 is 0 Å². The molecule has 0 aromatic carbocycles. The van der Waals surface area contributed by atoms with Gasteiger partial charge in [-0.3, -0.25) is 0 Å². The van der Waals surface area contributed by atoms with E-state index in [4.69, 9.17) is 9.47 Å². The van der Waals surface area contributed by atoms with E-state index < -0.39 is 18.4 Å². The number of carbonyl (C=O) groups is 1. The molecule has 0 spiro atoms. The highest BCUT2D eigenvalue weighted by atomic mass is 16.7. The van der Waals surface area contributed by atoms with Crippen LogP contribution in [0.5, 0.6) is 0 Å². The Labute approximate surface area is 122 Å². The van der Waals surface area contributed by atoms with Crippen molar-refractivity contribution in [2.45, 2.75) is 77.4 Å². The highest BCUT2D eigenvalue weighted by Gasteiger charge is 2.12. The average molecular weight is 290 g/mol. The molecule has 0 aromatic rings. The standard InChI is InChI=1S/C15H30O5/c1-3-5-7-9-13(16)11-19-15(18)20-12-14(17)10-8-6-4-2/h13-14,16-17H,3-12H2,1-2H3. The van der Waals surface area contributed by atoms with E-state index >= 15 is 0 Å². The van der Waals surface area contributed by atoms with E-state index in [0.29, 0.717) is 12.8 Å². The van der Waals surface area contributed by atoms with Gasteiger partial charge in [-0.05, 0) is 12.8 Å². The molecule has 0 saturated heterocycles. The second-order valence-corrected chi connectivity index (χ2v) is 5.17. The van der Waals surface area contributed by atoms with Gasteiger partial charge in [0.15, 0.2) is 0 Å². The molecular weight excluding hydrogens is 260 g/mol. The normalized spacial score (nSPS) is 13.8. The molecule has 0 aliphatic carbocycles. The monoisotopic (exact) mass is 290 g/mol. The van der Waals surface area contributed by atoms with Gasteiger partial charge >= 0.3 is 6.16 Å². The zero-order valence-electron chi connectivity index (χ0n) is 12.8. The van der Waals surface area contributed by atoms with Crippen molar-refractivity contribution in [2.75, 3.05) is 13.2 Å². The summed E-state index contributed by atoms with van der Waals surface area (Å²) >= 11 is 0. The quantitative estimate of drug-likeness (QED) is 0.427. The van der Waals surface area contributed by atoms with Crippen LogP contribution >= 0.6 is 0 Å². The van der Waals surface area contributed by atoms with E-state index in [1.165, 1.54) is 0 Å². The SMILES string of the molecule is CCCCCC(O)COC(=O)OCC(O)CCCCC. The Bertz CT molecular complexity index is 210. The van der Waals surface area contributed by atoms with Crippen LogP contribution in [0.2, 0.25) is 0 Å². The van der Waals surface area contributed by atoms with Crippen molar-refractivity contribution < 1.29 is 24.5 Å². The summed E-state index contributed by atoms with van der Waals surface area (Å²) in [6.45, 7) is 4.08. The lowest BCUT2D eigenvalue weighted by atomic mass is 10.1. The minimum absolute atomic E-state index is 0.0471. The molecule has 120 valence electrons. The van der Waals surface area contributed by atoms with E-state index in [-0.39, 0.29) is 13.2 Å². The Balaban J connectivity index is 3.52. The van der Waals surface area contributed by atoms with Crippen molar-refractivity contribution in [3.8, 4) is 0 Å². The first-order chi connectivity index (χ1) is 9.60. The van der Waals surface area contributed by atoms with Gasteiger partial charge in [-0.25, -0.2) is 4.79 Å². The van der Waals surface area contributed by atoms with E-state index in [0.717, 1.165) is 38.5 Å². The van der Waals surface area contributed by atoms with Gasteiger partial charge in [0.05, 0.1) is 12.2 Å². The first-order valence-electron chi connectivity index (χ1n) is 7.75. The maximum Gasteiger partial charge on any atom is 0.508 e. The molecule has 0 bridgehead atoms. The van der Waals surface area contributed by atoms with E-state index in [9.17, 15) is 15.0 Å². The minimum Gasteiger partial charge on any atom is -0.432 e. The number of rotatable bonds is 12. The molecule has 0 aliphatic heterocycles. The number of aliphatic hydroxyl groups excluding tert-OH is 2.